The summed E-state index contributed by atoms with van der Waals surface area (Å²) >= 11 is 0. The number of nitro groups is 1. The van der Waals surface area contributed by atoms with Gasteiger partial charge in [-0.15, -0.1) is 0 Å². The van der Waals surface area contributed by atoms with Crippen LogP contribution in [0.5, 0.6) is 0 Å². The summed E-state index contributed by atoms with van der Waals surface area (Å²) in [4.78, 5) is 23.9. The van der Waals surface area contributed by atoms with Crippen LogP contribution in [0.2, 0.25) is 0 Å². The molecule has 1 fully saturated rings. The minimum Gasteiger partial charge on any atom is -0.480 e. The van der Waals surface area contributed by atoms with Crippen molar-refractivity contribution in [2.24, 2.45) is 0 Å². The lowest BCUT2D eigenvalue weighted by atomic mass is 9.91. The number of rotatable bonds is 5. The Morgan fingerprint density at radius 1 is 1.45 bits per heavy atom. The SMILES string of the molecule is CC(Cc1cccc([N+](=O)[O-])c1)(C(=O)O)N1CCCC1. The van der Waals surface area contributed by atoms with Gasteiger partial charge in [0.2, 0.25) is 0 Å². The van der Waals surface area contributed by atoms with E-state index in [-0.39, 0.29) is 12.1 Å². The lowest BCUT2D eigenvalue weighted by molar-refractivity contribution is -0.384. The van der Waals surface area contributed by atoms with Gasteiger partial charge >= 0.3 is 5.97 Å². The number of carboxylic acids is 1. The molecule has 108 valence electrons. The number of non-ortho nitro benzene ring substituents is 1. The van der Waals surface area contributed by atoms with E-state index in [0.717, 1.165) is 25.9 Å². The molecule has 1 aromatic carbocycles. The van der Waals surface area contributed by atoms with Gasteiger partial charge in [-0.3, -0.25) is 19.8 Å². The summed E-state index contributed by atoms with van der Waals surface area (Å²) < 4.78 is 0. The van der Waals surface area contributed by atoms with Crippen LogP contribution >= 0.6 is 0 Å². The number of aliphatic carboxylic acids is 1. The lowest BCUT2D eigenvalue weighted by Gasteiger charge is -2.34. The first kappa shape index (κ1) is 14.5. The second-order valence-electron chi connectivity index (χ2n) is 5.38. The molecule has 0 aliphatic carbocycles. The number of carboxylic acid groups (broad SMARTS) is 1. The fraction of sp³-hybridized carbons (Fsp3) is 0.500. The number of hydrogen-bond acceptors (Lipinski definition) is 4. The van der Waals surface area contributed by atoms with Crippen molar-refractivity contribution >= 4 is 11.7 Å². The summed E-state index contributed by atoms with van der Waals surface area (Å²) in [6.07, 6.45) is 2.26. The smallest absolute Gasteiger partial charge is 0.324 e. The Labute approximate surface area is 117 Å². The summed E-state index contributed by atoms with van der Waals surface area (Å²) in [5.41, 5.74) is -0.334. The van der Waals surface area contributed by atoms with E-state index < -0.39 is 16.4 Å². The molecule has 0 spiro atoms. The predicted molar refractivity (Wildman–Crippen MR) is 73.6 cm³/mol. The Morgan fingerprint density at radius 3 is 2.65 bits per heavy atom. The van der Waals surface area contributed by atoms with Crippen LogP contribution in [0, 0.1) is 10.1 Å². The Morgan fingerprint density at radius 2 is 2.10 bits per heavy atom. The highest BCUT2D eigenvalue weighted by atomic mass is 16.6. The lowest BCUT2D eigenvalue weighted by Crippen LogP contribution is -2.52. The average Bonchev–Trinajstić information content (AvgIpc) is 2.93. The van der Waals surface area contributed by atoms with Crippen molar-refractivity contribution in [1.29, 1.82) is 0 Å². The van der Waals surface area contributed by atoms with Crippen molar-refractivity contribution in [1.82, 2.24) is 4.90 Å². The van der Waals surface area contributed by atoms with Crippen molar-refractivity contribution in [3.05, 3.63) is 39.9 Å². The summed E-state index contributed by atoms with van der Waals surface area (Å²) in [5.74, 6) is -0.883. The fourth-order valence-corrected chi connectivity index (χ4v) is 2.71. The second kappa shape index (κ2) is 5.58. The third-order valence-corrected chi connectivity index (χ3v) is 3.93. The molecule has 6 heteroatoms. The number of likely N-dealkylation sites (tertiary alicyclic amines) is 1. The molecule has 0 radical (unpaired) electrons. The van der Waals surface area contributed by atoms with Gasteiger partial charge in [-0.25, -0.2) is 0 Å². The maximum atomic E-state index is 11.7. The molecular weight excluding hydrogens is 260 g/mol. The van der Waals surface area contributed by atoms with Gasteiger partial charge in [0.15, 0.2) is 0 Å². The number of hydrogen-bond donors (Lipinski definition) is 1. The molecule has 0 bridgehead atoms. The molecule has 1 aliphatic heterocycles. The molecule has 1 aliphatic rings. The van der Waals surface area contributed by atoms with Gasteiger partial charge in [0.1, 0.15) is 5.54 Å². The van der Waals surface area contributed by atoms with Gasteiger partial charge in [0.05, 0.1) is 4.92 Å². The molecule has 1 unspecified atom stereocenters. The highest BCUT2D eigenvalue weighted by Crippen LogP contribution is 2.27. The van der Waals surface area contributed by atoms with Crippen molar-refractivity contribution in [3.63, 3.8) is 0 Å². The normalized spacial score (nSPS) is 18.6. The zero-order valence-corrected chi connectivity index (χ0v) is 11.4. The zero-order valence-electron chi connectivity index (χ0n) is 11.4. The van der Waals surface area contributed by atoms with E-state index in [2.05, 4.69) is 0 Å². The maximum Gasteiger partial charge on any atom is 0.324 e. The Bertz CT molecular complexity index is 526. The van der Waals surface area contributed by atoms with E-state index in [9.17, 15) is 20.0 Å². The van der Waals surface area contributed by atoms with Gasteiger partial charge in [-0.2, -0.15) is 0 Å². The molecular formula is C14H18N2O4. The summed E-state index contributed by atoms with van der Waals surface area (Å²) in [7, 11) is 0. The molecule has 6 nitrogen and oxygen atoms in total. The summed E-state index contributed by atoms with van der Waals surface area (Å²) in [5, 5.41) is 20.3. The van der Waals surface area contributed by atoms with Crippen LogP contribution in [-0.4, -0.2) is 39.5 Å². The van der Waals surface area contributed by atoms with Crippen LogP contribution in [0.4, 0.5) is 5.69 Å². The fourth-order valence-electron chi connectivity index (χ4n) is 2.71. The predicted octanol–water partition coefficient (Wildman–Crippen LogP) is 2.08. The monoisotopic (exact) mass is 278 g/mol. The summed E-state index contributed by atoms with van der Waals surface area (Å²) in [6.45, 7) is 3.22. The van der Waals surface area contributed by atoms with Crippen molar-refractivity contribution < 1.29 is 14.8 Å². The minimum absolute atomic E-state index is 0.00309. The van der Waals surface area contributed by atoms with Gasteiger partial charge in [0, 0.05) is 18.6 Å². The van der Waals surface area contributed by atoms with Gasteiger partial charge in [-0.05, 0) is 38.4 Å². The van der Waals surface area contributed by atoms with Crippen LogP contribution in [0.3, 0.4) is 0 Å². The first-order valence-electron chi connectivity index (χ1n) is 6.65. The number of benzene rings is 1. The third-order valence-electron chi connectivity index (χ3n) is 3.93. The molecule has 1 N–H and O–H groups in total. The van der Waals surface area contributed by atoms with E-state index in [4.69, 9.17) is 0 Å². The topological polar surface area (TPSA) is 83.7 Å². The minimum atomic E-state index is -1.01. The van der Waals surface area contributed by atoms with Gasteiger partial charge < -0.3 is 5.11 Å². The third kappa shape index (κ3) is 2.80. The van der Waals surface area contributed by atoms with E-state index in [1.165, 1.54) is 12.1 Å². The van der Waals surface area contributed by atoms with Gasteiger partial charge in [0.25, 0.3) is 5.69 Å². The molecule has 1 heterocycles. The zero-order chi connectivity index (χ0) is 14.8. The van der Waals surface area contributed by atoms with Crippen LogP contribution < -0.4 is 0 Å². The molecule has 1 atom stereocenters. The second-order valence-corrected chi connectivity index (χ2v) is 5.38. The highest BCUT2D eigenvalue weighted by Gasteiger charge is 2.40. The molecule has 2 rings (SSSR count). The number of nitrogens with zero attached hydrogens (tertiary/aromatic N) is 2. The molecule has 1 saturated heterocycles. The average molecular weight is 278 g/mol. The van der Waals surface area contributed by atoms with Crippen LogP contribution in [-0.2, 0) is 11.2 Å². The number of nitro benzene ring substituents is 1. The van der Waals surface area contributed by atoms with Crippen molar-refractivity contribution in [2.45, 2.75) is 31.7 Å². The summed E-state index contributed by atoms with van der Waals surface area (Å²) in [6, 6.07) is 6.21. The Kier molecular flexibility index (Phi) is 4.04. The van der Waals surface area contributed by atoms with Gasteiger partial charge in [-0.1, -0.05) is 12.1 Å². The first-order valence-corrected chi connectivity index (χ1v) is 6.65. The van der Waals surface area contributed by atoms with Crippen LogP contribution in [0.1, 0.15) is 25.3 Å². The quantitative estimate of drug-likeness (QED) is 0.658. The van der Waals surface area contributed by atoms with Crippen molar-refractivity contribution in [3.8, 4) is 0 Å². The van der Waals surface area contributed by atoms with Crippen molar-refractivity contribution in [2.75, 3.05) is 13.1 Å². The molecule has 20 heavy (non-hydrogen) atoms. The molecule has 0 saturated carbocycles. The largest absolute Gasteiger partial charge is 0.480 e. The molecule has 1 aromatic rings. The van der Waals surface area contributed by atoms with E-state index in [1.54, 1.807) is 19.1 Å². The molecule has 0 amide bonds. The first-order chi connectivity index (χ1) is 9.43. The highest BCUT2D eigenvalue weighted by molar-refractivity contribution is 5.78. The Hall–Kier alpha value is -1.95. The Balaban J connectivity index is 2.26. The van der Waals surface area contributed by atoms with Crippen LogP contribution in [0.25, 0.3) is 0 Å². The number of carbonyl (C=O) groups is 1. The standard InChI is InChI=1S/C14H18N2O4/c1-14(13(17)18,15-7-2-3-8-15)10-11-5-4-6-12(9-11)16(19)20/h4-6,9H,2-3,7-8,10H2,1H3,(H,17,18). The van der Waals surface area contributed by atoms with E-state index in [1.807, 2.05) is 4.90 Å². The van der Waals surface area contributed by atoms with Crippen LogP contribution in [0.15, 0.2) is 24.3 Å². The van der Waals surface area contributed by atoms with E-state index >= 15 is 0 Å². The maximum absolute atomic E-state index is 11.7. The van der Waals surface area contributed by atoms with E-state index in [0.29, 0.717) is 5.56 Å². The molecule has 0 aromatic heterocycles.